The van der Waals surface area contributed by atoms with Crippen LogP contribution in [0.25, 0.3) is 0 Å². The fourth-order valence-electron chi connectivity index (χ4n) is 2.78. The average Bonchev–Trinajstić information content (AvgIpc) is 2.39. The van der Waals surface area contributed by atoms with Crippen LogP contribution in [0.2, 0.25) is 0 Å². The standard InChI is InChI=1S/C15H22N2O3/c1-10(15-13(19)4-3-5-14(15)20)16-12-6-8-17(9-7-12)11(2)18/h3-5,10,12,16,19-20H,6-9H2,1-2H3. The topological polar surface area (TPSA) is 72.8 Å². The number of hydrogen-bond acceptors (Lipinski definition) is 4. The fraction of sp³-hybridized carbons (Fsp3) is 0.533. The molecule has 0 saturated carbocycles. The van der Waals surface area contributed by atoms with Gasteiger partial charge in [0.05, 0.1) is 5.56 Å². The highest BCUT2D eigenvalue weighted by atomic mass is 16.3. The lowest BCUT2D eigenvalue weighted by atomic mass is 10.0. The van der Waals surface area contributed by atoms with Crippen LogP contribution < -0.4 is 5.32 Å². The Bertz CT molecular complexity index is 462. The highest BCUT2D eigenvalue weighted by molar-refractivity contribution is 5.73. The molecule has 1 atom stereocenters. The van der Waals surface area contributed by atoms with Gasteiger partial charge in [0.2, 0.25) is 5.91 Å². The average molecular weight is 278 g/mol. The van der Waals surface area contributed by atoms with E-state index in [4.69, 9.17) is 0 Å². The van der Waals surface area contributed by atoms with Crippen molar-refractivity contribution in [1.82, 2.24) is 10.2 Å². The normalized spacial score (nSPS) is 18.0. The second-order valence-electron chi connectivity index (χ2n) is 5.38. The molecule has 1 aliphatic rings. The largest absolute Gasteiger partial charge is 0.507 e. The molecule has 0 spiro atoms. The molecular formula is C15H22N2O3. The van der Waals surface area contributed by atoms with Crippen molar-refractivity contribution in [2.24, 2.45) is 0 Å². The van der Waals surface area contributed by atoms with Crippen molar-refractivity contribution in [2.45, 2.75) is 38.8 Å². The molecule has 0 aliphatic carbocycles. The number of aromatic hydroxyl groups is 2. The Morgan fingerprint density at radius 1 is 1.30 bits per heavy atom. The predicted molar refractivity (Wildman–Crippen MR) is 76.6 cm³/mol. The van der Waals surface area contributed by atoms with Gasteiger partial charge in [-0.15, -0.1) is 0 Å². The Hall–Kier alpha value is -1.75. The van der Waals surface area contributed by atoms with Crippen molar-refractivity contribution in [3.05, 3.63) is 23.8 Å². The Balaban J connectivity index is 1.96. The smallest absolute Gasteiger partial charge is 0.219 e. The Kier molecular flexibility index (Phi) is 4.49. The Labute approximate surface area is 119 Å². The third-order valence-corrected chi connectivity index (χ3v) is 3.92. The van der Waals surface area contributed by atoms with Crippen molar-refractivity contribution in [3.63, 3.8) is 0 Å². The van der Waals surface area contributed by atoms with Crippen molar-refractivity contribution < 1.29 is 15.0 Å². The zero-order chi connectivity index (χ0) is 14.7. The SMILES string of the molecule is CC(=O)N1CCC(NC(C)c2c(O)cccc2O)CC1. The molecule has 2 rings (SSSR count). The first-order valence-electron chi connectivity index (χ1n) is 7.01. The summed E-state index contributed by atoms with van der Waals surface area (Å²) in [7, 11) is 0. The van der Waals surface area contributed by atoms with Gasteiger partial charge in [-0.25, -0.2) is 0 Å². The maximum Gasteiger partial charge on any atom is 0.219 e. The minimum absolute atomic E-state index is 0.103. The van der Waals surface area contributed by atoms with E-state index in [-0.39, 0.29) is 23.4 Å². The lowest BCUT2D eigenvalue weighted by Gasteiger charge is -2.33. The van der Waals surface area contributed by atoms with E-state index in [1.807, 2.05) is 11.8 Å². The van der Waals surface area contributed by atoms with Crippen LogP contribution in [-0.4, -0.2) is 40.2 Å². The zero-order valence-corrected chi connectivity index (χ0v) is 12.0. The first kappa shape index (κ1) is 14.7. The summed E-state index contributed by atoms with van der Waals surface area (Å²) in [5.74, 6) is 0.326. The summed E-state index contributed by atoms with van der Waals surface area (Å²) in [6.45, 7) is 5.03. The van der Waals surface area contributed by atoms with Crippen LogP contribution in [0.3, 0.4) is 0 Å². The number of hydrogen-bond donors (Lipinski definition) is 3. The number of piperidine rings is 1. The Morgan fingerprint density at radius 2 is 1.85 bits per heavy atom. The maximum atomic E-state index is 11.3. The highest BCUT2D eigenvalue weighted by Gasteiger charge is 2.23. The minimum Gasteiger partial charge on any atom is -0.507 e. The molecule has 5 nitrogen and oxygen atoms in total. The van der Waals surface area contributed by atoms with Crippen molar-refractivity contribution in [2.75, 3.05) is 13.1 Å². The van der Waals surface area contributed by atoms with Crippen LogP contribution in [-0.2, 0) is 4.79 Å². The van der Waals surface area contributed by atoms with E-state index in [2.05, 4.69) is 5.32 Å². The van der Waals surface area contributed by atoms with Gasteiger partial charge in [0.15, 0.2) is 0 Å². The van der Waals surface area contributed by atoms with E-state index < -0.39 is 0 Å². The zero-order valence-electron chi connectivity index (χ0n) is 12.0. The van der Waals surface area contributed by atoms with E-state index in [0.29, 0.717) is 11.6 Å². The number of nitrogens with one attached hydrogen (secondary N) is 1. The molecule has 1 unspecified atom stereocenters. The molecule has 1 aromatic rings. The summed E-state index contributed by atoms with van der Waals surface area (Å²) in [5.41, 5.74) is 0.529. The number of carbonyl (C=O) groups excluding carboxylic acids is 1. The van der Waals surface area contributed by atoms with Crippen LogP contribution in [0, 0.1) is 0 Å². The number of carbonyl (C=O) groups is 1. The molecule has 1 aromatic carbocycles. The van der Waals surface area contributed by atoms with Gasteiger partial charge in [-0.3, -0.25) is 4.79 Å². The van der Waals surface area contributed by atoms with Gasteiger partial charge in [0.25, 0.3) is 0 Å². The molecule has 1 aliphatic heterocycles. The molecule has 110 valence electrons. The van der Waals surface area contributed by atoms with E-state index >= 15 is 0 Å². The monoisotopic (exact) mass is 278 g/mol. The second kappa shape index (κ2) is 6.13. The molecule has 0 aromatic heterocycles. The number of likely N-dealkylation sites (tertiary alicyclic amines) is 1. The predicted octanol–water partition coefficient (Wildman–Crippen LogP) is 1.76. The molecule has 1 amide bonds. The number of phenols is 2. The maximum absolute atomic E-state index is 11.3. The molecule has 1 saturated heterocycles. The van der Waals surface area contributed by atoms with E-state index in [1.165, 1.54) is 0 Å². The summed E-state index contributed by atoms with van der Waals surface area (Å²) in [4.78, 5) is 13.1. The van der Waals surface area contributed by atoms with Gasteiger partial charge in [-0.1, -0.05) is 6.07 Å². The van der Waals surface area contributed by atoms with Crippen molar-refractivity contribution >= 4 is 5.91 Å². The first-order valence-corrected chi connectivity index (χ1v) is 7.01. The second-order valence-corrected chi connectivity index (χ2v) is 5.38. The molecule has 3 N–H and O–H groups in total. The molecule has 1 heterocycles. The molecular weight excluding hydrogens is 256 g/mol. The minimum atomic E-state index is -0.134. The number of amides is 1. The molecule has 1 fully saturated rings. The van der Waals surface area contributed by atoms with E-state index in [0.717, 1.165) is 25.9 Å². The number of benzene rings is 1. The number of nitrogens with zero attached hydrogens (tertiary/aromatic N) is 1. The lowest BCUT2D eigenvalue weighted by molar-refractivity contribution is -0.129. The van der Waals surface area contributed by atoms with E-state index in [1.54, 1.807) is 25.1 Å². The fourth-order valence-corrected chi connectivity index (χ4v) is 2.78. The lowest BCUT2D eigenvalue weighted by Crippen LogP contribution is -2.44. The molecule has 0 bridgehead atoms. The van der Waals surface area contributed by atoms with Gasteiger partial charge in [-0.2, -0.15) is 0 Å². The third kappa shape index (κ3) is 3.22. The van der Waals surface area contributed by atoms with Gasteiger partial charge in [0.1, 0.15) is 11.5 Å². The van der Waals surface area contributed by atoms with Gasteiger partial charge in [0, 0.05) is 32.1 Å². The van der Waals surface area contributed by atoms with Crippen LogP contribution in [0.5, 0.6) is 11.5 Å². The first-order chi connectivity index (χ1) is 9.49. The summed E-state index contributed by atoms with van der Waals surface area (Å²) < 4.78 is 0. The quantitative estimate of drug-likeness (QED) is 0.787. The van der Waals surface area contributed by atoms with E-state index in [9.17, 15) is 15.0 Å². The van der Waals surface area contributed by atoms with Gasteiger partial charge in [-0.05, 0) is 31.9 Å². The van der Waals surface area contributed by atoms with Crippen LogP contribution in [0.4, 0.5) is 0 Å². The number of rotatable bonds is 3. The summed E-state index contributed by atoms with van der Waals surface area (Å²) >= 11 is 0. The van der Waals surface area contributed by atoms with Gasteiger partial charge < -0.3 is 20.4 Å². The molecule has 5 heteroatoms. The van der Waals surface area contributed by atoms with Crippen molar-refractivity contribution in [1.29, 1.82) is 0 Å². The van der Waals surface area contributed by atoms with Crippen LogP contribution >= 0.6 is 0 Å². The highest BCUT2D eigenvalue weighted by Crippen LogP contribution is 2.32. The van der Waals surface area contributed by atoms with Crippen molar-refractivity contribution in [3.8, 4) is 11.5 Å². The molecule has 0 radical (unpaired) electrons. The third-order valence-electron chi connectivity index (χ3n) is 3.92. The summed E-state index contributed by atoms with van der Waals surface area (Å²) in [5, 5.41) is 23.1. The summed E-state index contributed by atoms with van der Waals surface area (Å²) in [6, 6.07) is 4.92. The number of phenolic OH excluding ortho intramolecular Hbond substituents is 2. The molecule has 20 heavy (non-hydrogen) atoms. The Morgan fingerprint density at radius 3 is 2.35 bits per heavy atom. The van der Waals surface area contributed by atoms with Crippen LogP contribution in [0.15, 0.2) is 18.2 Å². The van der Waals surface area contributed by atoms with Crippen LogP contribution in [0.1, 0.15) is 38.3 Å². The summed E-state index contributed by atoms with van der Waals surface area (Å²) in [6.07, 6.45) is 1.77. The van der Waals surface area contributed by atoms with Gasteiger partial charge >= 0.3 is 0 Å².